The zero-order chi connectivity index (χ0) is 19.1. The van der Waals surface area contributed by atoms with Crippen molar-refractivity contribution in [2.45, 2.75) is 19.8 Å². The molecule has 0 unspecified atom stereocenters. The van der Waals surface area contributed by atoms with Gasteiger partial charge in [0, 0.05) is 26.6 Å². The molecule has 0 spiro atoms. The summed E-state index contributed by atoms with van der Waals surface area (Å²) < 4.78 is 21.4. The number of nitrogens with zero attached hydrogens (tertiary/aromatic N) is 3. The molecule has 0 aliphatic heterocycles. The predicted molar refractivity (Wildman–Crippen MR) is 98.3 cm³/mol. The SMILES string of the molecule is CCOC(=O)CCCOc1nc(N(C)C)nc2cc(OC)c(OC)cc12. The number of ether oxygens (including phenoxy) is 4. The highest BCUT2D eigenvalue weighted by atomic mass is 16.5. The van der Waals surface area contributed by atoms with Gasteiger partial charge in [-0.05, 0) is 19.4 Å². The number of carbonyl (C=O) groups excluding carboxylic acids is 1. The van der Waals surface area contributed by atoms with Crippen molar-refractivity contribution in [2.24, 2.45) is 0 Å². The van der Waals surface area contributed by atoms with E-state index in [1.54, 1.807) is 38.2 Å². The highest BCUT2D eigenvalue weighted by molar-refractivity contribution is 5.88. The van der Waals surface area contributed by atoms with Crippen LogP contribution in [0.25, 0.3) is 10.9 Å². The van der Waals surface area contributed by atoms with E-state index in [1.165, 1.54) is 0 Å². The van der Waals surface area contributed by atoms with Gasteiger partial charge in [0.15, 0.2) is 11.5 Å². The summed E-state index contributed by atoms with van der Waals surface area (Å²) in [5.41, 5.74) is 0.682. The van der Waals surface area contributed by atoms with Gasteiger partial charge in [-0.25, -0.2) is 4.98 Å². The number of carbonyl (C=O) groups is 1. The second-order valence-electron chi connectivity index (χ2n) is 5.70. The Kier molecular flexibility index (Phi) is 6.82. The summed E-state index contributed by atoms with van der Waals surface area (Å²) in [6.45, 7) is 2.50. The average molecular weight is 363 g/mol. The Hall–Kier alpha value is -2.77. The summed E-state index contributed by atoms with van der Waals surface area (Å²) in [5.74, 6) is 1.87. The first-order valence-electron chi connectivity index (χ1n) is 8.39. The van der Waals surface area contributed by atoms with E-state index < -0.39 is 0 Å². The molecule has 26 heavy (non-hydrogen) atoms. The molecular weight excluding hydrogens is 338 g/mol. The van der Waals surface area contributed by atoms with Crippen LogP contribution in [0, 0.1) is 0 Å². The Bertz CT molecular complexity index is 764. The summed E-state index contributed by atoms with van der Waals surface area (Å²) in [5, 5.41) is 0.712. The number of hydrogen-bond donors (Lipinski definition) is 0. The Morgan fingerprint density at radius 3 is 2.42 bits per heavy atom. The van der Waals surface area contributed by atoms with Crippen LogP contribution in [0.3, 0.4) is 0 Å². The minimum absolute atomic E-state index is 0.232. The van der Waals surface area contributed by atoms with E-state index in [2.05, 4.69) is 9.97 Å². The lowest BCUT2D eigenvalue weighted by Gasteiger charge is -2.16. The molecule has 0 aliphatic rings. The van der Waals surface area contributed by atoms with Gasteiger partial charge in [0.05, 0.1) is 38.3 Å². The first-order valence-corrected chi connectivity index (χ1v) is 8.39. The molecule has 0 bridgehead atoms. The topological polar surface area (TPSA) is 83.0 Å². The molecule has 0 fully saturated rings. The van der Waals surface area contributed by atoms with E-state index >= 15 is 0 Å². The maximum Gasteiger partial charge on any atom is 0.305 e. The third-order valence-electron chi connectivity index (χ3n) is 3.62. The summed E-state index contributed by atoms with van der Waals surface area (Å²) in [6, 6.07) is 3.57. The average Bonchev–Trinajstić information content (AvgIpc) is 2.63. The maximum absolute atomic E-state index is 11.4. The number of hydrogen-bond acceptors (Lipinski definition) is 8. The molecule has 0 atom stereocenters. The van der Waals surface area contributed by atoms with Crippen LogP contribution in [-0.2, 0) is 9.53 Å². The van der Waals surface area contributed by atoms with E-state index in [0.717, 1.165) is 0 Å². The summed E-state index contributed by atoms with van der Waals surface area (Å²) >= 11 is 0. The molecule has 8 nitrogen and oxygen atoms in total. The zero-order valence-electron chi connectivity index (χ0n) is 15.9. The molecule has 0 radical (unpaired) electrons. The predicted octanol–water partition coefficient (Wildman–Crippen LogP) is 2.44. The molecule has 142 valence electrons. The quantitative estimate of drug-likeness (QED) is 0.496. The second-order valence-corrected chi connectivity index (χ2v) is 5.70. The minimum Gasteiger partial charge on any atom is -0.493 e. The van der Waals surface area contributed by atoms with Gasteiger partial charge in [-0.2, -0.15) is 4.98 Å². The number of aromatic nitrogens is 2. The highest BCUT2D eigenvalue weighted by Gasteiger charge is 2.15. The lowest BCUT2D eigenvalue weighted by atomic mass is 10.2. The van der Waals surface area contributed by atoms with Gasteiger partial charge in [0.1, 0.15) is 0 Å². The third-order valence-corrected chi connectivity index (χ3v) is 3.62. The van der Waals surface area contributed by atoms with Gasteiger partial charge in [-0.1, -0.05) is 0 Å². The van der Waals surface area contributed by atoms with Crippen LogP contribution >= 0.6 is 0 Å². The minimum atomic E-state index is -0.232. The van der Waals surface area contributed by atoms with E-state index in [1.807, 2.05) is 14.1 Å². The van der Waals surface area contributed by atoms with Crippen molar-refractivity contribution in [1.82, 2.24) is 9.97 Å². The summed E-state index contributed by atoms with van der Waals surface area (Å²) in [6.07, 6.45) is 0.837. The van der Waals surface area contributed by atoms with Gasteiger partial charge in [0.25, 0.3) is 0 Å². The monoisotopic (exact) mass is 363 g/mol. The molecule has 1 heterocycles. The Morgan fingerprint density at radius 1 is 1.12 bits per heavy atom. The van der Waals surface area contributed by atoms with E-state index in [9.17, 15) is 4.79 Å². The molecule has 1 aromatic carbocycles. The molecule has 0 saturated carbocycles. The maximum atomic E-state index is 11.4. The fraction of sp³-hybridized carbons (Fsp3) is 0.500. The van der Waals surface area contributed by atoms with Gasteiger partial charge in [-0.15, -0.1) is 0 Å². The molecule has 2 aromatic rings. The van der Waals surface area contributed by atoms with Crippen LogP contribution in [0.1, 0.15) is 19.8 Å². The van der Waals surface area contributed by atoms with Crippen molar-refractivity contribution < 1.29 is 23.7 Å². The van der Waals surface area contributed by atoms with Gasteiger partial charge in [0.2, 0.25) is 11.8 Å². The van der Waals surface area contributed by atoms with Crippen LogP contribution in [0.15, 0.2) is 12.1 Å². The van der Waals surface area contributed by atoms with Crippen LogP contribution < -0.4 is 19.1 Å². The fourth-order valence-electron chi connectivity index (χ4n) is 2.34. The van der Waals surface area contributed by atoms with Crippen molar-refractivity contribution in [3.05, 3.63) is 12.1 Å². The molecule has 0 aliphatic carbocycles. The number of benzene rings is 1. The zero-order valence-corrected chi connectivity index (χ0v) is 15.9. The fourth-order valence-corrected chi connectivity index (χ4v) is 2.34. The first kappa shape index (κ1) is 19.6. The van der Waals surface area contributed by atoms with Gasteiger partial charge in [-0.3, -0.25) is 4.79 Å². The van der Waals surface area contributed by atoms with Crippen molar-refractivity contribution in [3.8, 4) is 17.4 Å². The second kappa shape index (κ2) is 9.07. The standard InChI is InChI=1S/C18H25N3O5/c1-6-25-16(22)8-7-9-26-17-12-10-14(23-4)15(24-5)11-13(12)19-18(20-17)21(2)3/h10-11H,6-9H2,1-5H3. The van der Waals surface area contributed by atoms with Gasteiger partial charge >= 0.3 is 5.97 Å². The van der Waals surface area contributed by atoms with Gasteiger partial charge < -0.3 is 23.8 Å². The normalized spacial score (nSPS) is 10.5. The molecular formula is C18H25N3O5. The molecule has 8 heteroatoms. The van der Waals surface area contributed by atoms with Crippen molar-refractivity contribution in [2.75, 3.05) is 46.4 Å². The van der Waals surface area contributed by atoms with Crippen molar-refractivity contribution in [3.63, 3.8) is 0 Å². The Morgan fingerprint density at radius 2 is 1.81 bits per heavy atom. The van der Waals surface area contributed by atoms with Crippen molar-refractivity contribution in [1.29, 1.82) is 0 Å². The number of anilines is 1. The van der Waals surface area contributed by atoms with E-state index in [4.69, 9.17) is 18.9 Å². The number of methoxy groups -OCH3 is 2. The number of fused-ring (bicyclic) bond motifs is 1. The first-order chi connectivity index (χ1) is 12.5. The van der Waals surface area contributed by atoms with Crippen LogP contribution in [0.5, 0.6) is 17.4 Å². The molecule has 0 amide bonds. The van der Waals surface area contributed by atoms with Crippen LogP contribution in [-0.4, -0.2) is 57.5 Å². The molecule has 0 N–H and O–H groups in total. The highest BCUT2D eigenvalue weighted by Crippen LogP contribution is 2.35. The number of rotatable bonds is 9. The Labute approximate surface area is 153 Å². The summed E-state index contributed by atoms with van der Waals surface area (Å²) in [7, 11) is 6.85. The van der Waals surface area contributed by atoms with E-state index in [-0.39, 0.29) is 5.97 Å². The smallest absolute Gasteiger partial charge is 0.305 e. The lowest BCUT2D eigenvalue weighted by Crippen LogP contribution is -2.14. The van der Waals surface area contributed by atoms with Crippen LogP contribution in [0.2, 0.25) is 0 Å². The molecule has 2 rings (SSSR count). The third kappa shape index (κ3) is 4.65. The summed E-state index contributed by atoms with van der Waals surface area (Å²) in [4.78, 5) is 22.2. The van der Waals surface area contributed by atoms with Crippen molar-refractivity contribution >= 4 is 22.8 Å². The largest absolute Gasteiger partial charge is 0.493 e. The molecule has 1 aromatic heterocycles. The number of esters is 1. The van der Waals surface area contributed by atoms with Crippen LogP contribution in [0.4, 0.5) is 5.95 Å². The Balaban J connectivity index is 2.28. The van der Waals surface area contributed by atoms with E-state index in [0.29, 0.717) is 60.3 Å². The lowest BCUT2D eigenvalue weighted by molar-refractivity contribution is -0.143. The molecule has 0 saturated heterocycles.